The van der Waals surface area contributed by atoms with Gasteiger partial charge in [0.1, 0.15) is 0 Å². The highest BCUT2D eigenvalue weighted by Crippen LogP contribution is 2.21. The molecule has 0 atom stereocenters. The molecule has 1 N–H and O–H groups in total. The average molecular weight is 346 g/mol. The highest BCUT2D eigenvalue weighted by molar-refractivity contribution is 7.99. The van der Waals surface area contributed by atoms with Crippen LogP contribution in [-0.2, 0) is 9.47 Å². The Balaban J connectivity index is 2.42. The van der Waals surface area contributed by atoms with Crippen molar-refractivity contribution < 1.29 is 9.47 Å². The number of guanidine groups is 1. The van der Waals surface area contributed by atoms with Crippen LogP contribution in [0.5, 0.6) is 0 Å². The maximum absolute atomic E-state index is 5.93. The molecule has 0 amide bonds. The summed E-state index contributed by atoms with van der Waals surface area (Å²) in [5, 5.41) is 3.43. The normalized spacial score (nSPS) is 17.6. The van der Waals surface area contributed by atoms with Crippen LogP contribution < -0.4 is 5.32 Å². The zero-order valence-electron chi connectivity index (χ0n) is 15.6. The van der Waals surface area contributed by atoms with Crippen LogP contribution in [0.25, 0.3) is 0 Å². The summed E-state index contributed by atoms with van der Waals surface area (Å²) in [4.78, 5) is 7.21. The second-order valence-electron chi connectivity index (χ2n) is 6.54. The number of thioether (sulfide) groups is 1. The first kappa shape index (κ1) is 20.6. The van der Waals surface area contributed by atoms with Gasteiger partial charge in [-0.05, 0) is 46.3 Å². The summed E-state index contributed by atoms with van der Waals surface area (Å²) >= 11 is 1.86. The van der Waals surface area contributed by atoms with E-state index in [-0.39, 0.29) is 4.75 Å². The number of aliphatic imine (C=N–C) groups is 1. The lowest BCUT2D eigenvalue weighted by Crippen LogP contribution is -2.47. The minimum Gasteiger partial charge on any atom is -0.385 e. The molecule has 136 valence electrons. The van der Waals surface area contributed by atoms with Gasteiger partial charge in [-0.3, -0.25) is 4.99 Å². The molecule has 0 unspecified atom stereocenters. The standard InChI is InChI=1S/C17H35N3O2S/c1-6-18-16(19-14-17(2,3)23-5)20-10-8-15(9-11-20)22-13-7-12-21-4/h15H,6-14H2,1-5H3,(H,18,19). The van der Waals surface area contributed by atoms with Crippen molar-refractivity contribution in [3.8, 4) is 0 Å². The van der Waals surface area contributed by atoms with Crippen molar-refractivity contribution in [1.29, 1.82) is 0 Å². The highest BCUT2D eigenvalue weighted by Gasteiger charge is 2.23. The number of nitrogens with zero attached hydrogens (tertiary/aromatic N) is 2. The van der Waals surface area contributed by atoms with E-state index in [1.54, 1.807) is 7.11 Å². The summed E-state index contributed by atoms with van der Waals surface area (Å²) in [6.07, 6.45) is 5.65. The fraction of sp³-hybridized carbons (Fsp3) is 0.941. The first-order valence-corrected chi connectivity index (χ1v) is 9.94. The molecule has 0 saturated carbocycles. The van der Waals surface area contributed by atoms with Gasteiger partial charge in [0.2, 0.25) is 0 Å². The van der Waals surface area contributed by atoms with Gasteiger partial charge in [-0.25, -0.2) is 0 Å². The Morgan fingerprint density at radius 2 is 2.00 bits per heavy atom. The molecule has 1 heterocycles. The van der Waals surface area contributed by atoms with Gasteiger partial charge in [-0.15, -0.1) is 0 Å². The van der Waals surface area contributed by atoms with Crippen LogP contribution in [0.1, 0.15) is 40.0 Å². The van der Waals surface area contributed by atoms with Gasteiger partial charge in [0, 0.05) is 44.7 Å². The molecule has 23 heavy (non-hydrogen) atoms. The number of hydrogen-bond acceptors (Lipinski definition) is 4. The van der Waals surface area contributed by atoms with Gasteiger partial charge in [-0.1, -0.05) is 0 Å². The largest absolute Gasteiger partial charge is 0.385 e. The third kappa shape index (κ3) is 8.27. The SMILES string of the molecule is CCNC(=NCC(C)(C)SC)N1CCC(OCCCOC)CC1. The molecular formula is C17H35N3O2S. The molecule has 5 nitrogen and oxygen atoms in total. The molecule has 1 aliphatic heterocycles. The number of hydrogen-bond donors (Lipinski definition) is 1. The Hall–Kier alpha value is -0.460. The van der Waals surface area contributed by atoms with Crippen molar-refractivity contribution >= 4 is 17.7 Å². The Kier molecular flexibility index (Phi) is 9.99. The summed E-state index contributed by atoms with van der Waals surface area (Å²) in [7, 11) is 1.73. The minimum absolute atomic E-state index is 0.184. The Morgan fingerprint density at radius 3 is 2.57 bits per heavy atom. The molecule has 0 aromatic heterocycles. The zero-order chi connectivity index (χ0) is 17.1. The number of ether oxygens (including phenoxy) is 2. The van der Waals surface area contributed by atoms with Crippen molar-refractivity contribution in [1.82, 2.24) is 10.2 Å². The van der Waals surface area contributed by atoms with Crippen LogP contribution in [0.4, 0.5) is 0 Å². The first-order chi connectivity index (χ1) is 11.0. The topological polar surface area (TPSA) is 46.1 Å². The molecule has 0 aromatic rings. The number of rotatable bonds is 9. The van der Waals surface area contributed by atoms with Crippen LogP contribution in [0.15, 0.2) is 4.99 Å². The van der Waals surface area contributed by atoms with Crippen molar-refractivity contribution in [3.05, 3.63) is 0 Å². The van der Waals surface area contributed by atoms with Gasteiger partial charge < -0.3 is 19.7 Å². The van der Waals surface area contributed by atoms with E-state index in [1.165, 1.54) is 0 Å². The van der Waals surface area contributed by atoms with Crippen molar-refractivity contribution in [2.45, 2.75) is 50.9 Å². The van der Waals surface area contributed by atoms with Gasteiger partial charge in [-0.2, -0.15) is 11.8 Å². The van der Waals surface area contributed by atoms with Gasteiger partial charge in [0.15, 0.2) is 5.96 Å². The van der Waals surface area contributed by atoms with Gasteiger partial charge in [0.05, 0.1) is 12.6 Å². The molecule has 1 fully saturated rings. The lowest BCUT2D eigenvalue weighted by molar-refractivity contribution is 0.00990. The van der Waals surface area contributed by atoms with E-state index in [1.807, 2.05) is 11.8 Å². The maximum atomic E-state index is 5.93. The predicted octanol–water partition coefficient (Wildman–Crippen LogP) is 2.61. The molecule has 0 aromatic carbocycles. The van der Waals surface area contributed by atoms with E-state index in [9.17, 15) is 0 Å². The summed E-state index contributed by atoms with van der Waals surface area (Å²) < 4.78 is 11.2. The fourth-order valence-corrected chi connectivity index (χ4v) is 2.64. The van der Waals surface area contributed by atoms with E-state index < -0.39 is 0 Å². The monoisotopic (exact) mass is 345 g/mol. The molecule has 0 spiro atoms. The number of likely N-dealkylation sites (tertiary alicyclic amines) is 1. The van der Waals surface area contributed by atoms with Crippen LogP contribution in [-0.4, -0.2) is 74.5 Å². The zero-order valence-corrected chi connectivity index (χ0v) is 16.4. The fourth-order valence-electron chi connectivity index (χ4n) is 2.44. The third-order valence-corrected chi connectivity index (χ3v) is 5.32. The molecular weight excluding hydrogens is 310 g/mol. The summed E-state index contributed by atoms with van der Waals surface area (Å²) in [6, 6.07) is 0. The molecule has 0 bridgehead atoms. The second-order valence-corrected chi connectivity index (χ2v) is 8.05. The molecule has 6 heteroatoms. The van der Waals surface area contributed by atoms with Crippen LogP contribution >= 0.6 is 11.8 Å². The van der Waals surface area contributed by atoms with E-state index in [2.05, 4.69) is 37.2 Å². The average Bonchev–Trinajstić information content (AvgIpc) is 2.56. The Morgan fingerprint density at radius 1 is 1.30 bits per heavy atom. The molecule has 0 aliphatic carbocycles. The molecule has 0 radical (unpaired) electrons. The van der Waals surface area contributed by atoms with Crippen molar-refractivity contribution in [2.75, 3.05) is 52.8 Å². The number of piperidine rings is 1. The lowest BCUT2D eigenvalue weighted by atomic mass is 10.1. The highest BCUT2D eigenvalue weighted by atomic mass is 32.2. The van der Waals surface area contributed by atoms with E-state index in [0.29, 0.717) is 6.10 Å². The van der Waals surface area contributed by atoms with Gasteiger partial charge >= 0.3 is 0 Å². The van der Waals surface area contributed by atoms with Crippen molar-refractivity contribution in [2.24, 2.45) is 4.99 Å². The van der Waals surface area contributed by atoms with Crippen LogP contribution in [0.2, 0.25) is 0 Å². The van der Waals surface area contributed by atoms with Crippen LogP contribution in [0, 0.1) is 0 Å². The Labute approximate surface area is 146 Å². The van der Waals surface area contributed by atoms with E-state index in [0.717, 1.165) is 64.6 Å². The molecule has 1 saturated heterocycles. The smallest absolute Gasteiger partial charge is 0.193 e. The summed E-state index contributed by atoms with van der Waals surface area (Å²) in [5.74, 6) is 1.05. The summed E-state index contributed by atoms with van der Waals surface area (Å²) in [6.45, 7) is 12.0. The predicted molar refractivity (Wildman–Crippen MR) is 101 cm³/mol. The molecule has 1 rings (SSSR count). The first-order valence-electron chi connectivity index (χ1n) is 8.71. The van der Waals surface area contributed by atoms with Crippen LogP contribution in [0.3, 0.4) is 0 Å². The van der Waals surface area contributed by atoms with Gasteiger partial charge in [0.25, 0.3) is 0 Å². The number of methoxy groups -OCH3 is 1. The quantitative estimate of drug-likeness (QED) is 0.395. The molecule has 1 aliphatic rings. The second kappa shape index (κ2) is 11.2. The van der Waals surface area contributed by atoms with E-state index in [4.69, 9.17) is 14.5 Å². The third-order valence-electron chi connectivity index (χ3n) is 4.08. The lowest BCUT2D eigenvalue weighted by Gasteiger charge is -2.34. The van der Waals surface area contributed by atoms with Crippen molar-refractivity contribution in [3.63, 3.8) is 0 Å². The summed E-state index contributed by atoms with van der Waals surface area (Å²) in [5.41, 5.74) is 0. The number of nitrogens with one attached hydrogen (secondary N) is 1. The Bertz CT molecular complexity index is 343. The minimum atomic E-state index is 0.184. The van der Waals surface area contributed by atoms with E-state index >= 15 is 0 Å². The maximum Gasteiger partial charge on any atom is 0.193 e.